The van der Waals surface area contributed by atoms with Crippen molar-refractivity contribution in [1.29, 1.82) is 0 Å². The third-order valence-electron chi connectivity index (χ3n) is 2.60. The normalized spacial score (nSPS) is 10.9. The molecule has 0 fully saturated rings. The van der Waals surface area contributed by atoms with E-state index >= 15 is 0 Å². The summed E-state index contributed by atoms with van der Waals surface area (Å²) in [4.78, 5) is 4.44. The highest BCUT2D eigenvalue weighted by molar-refractivity contribution is 9.10. The summed E-state index contributed by atoms with van der Waals surface area (Å²) in [7, 11) is 0. The number of hydrogen-bond acceptors (Lipinski definition) is 3. The quantitative estimate of drug-likeness (QED) is 0.890. The molecular weight excluding hydrogens is 292 g/mol. The smallest absolute Gasteiger partial charge is 0.153 e. The van der Waals surface area contributed by atoms with E-state index in [1.54, 1.807) is 0 Å². The molecule has 2 aromatic rings. The highest BCUT2D eigenvalue weighted by Crippen LogP contribution is 2.14. The summed E-state index contributed by atoms with van der Waals surface area (Å²) in [6.45, 7) is 5.02. The Kier molecular flexibility index (Phi) is 4.36. The van der Waals surface area contributed by atoms with Crippen LogP contribution in [0.5, 0.6) is 0 Å². The second-order valence-corrected chi connectivity index (χ2v) is 5.39. The van der Waals surface area contributed by atoms with Gasteiger partial charge in [0.1, 0.15) is 5.82 Å². The van der Waals surface area contributed by atoms with Crippen molar-refractivity contribution in [1.82, 2.24) is 15.2 Å². The van der Waals surface area contributed by atoms with Gasteiger partial charge in [-0.15, -0.1) is 0 Å². The molecule has 0 saturated heterocycles. The van der Waals surface area contributed by atoms with Gasteiger partial charge in [0.25, 0.3) is 0 Å². The largest absolute Gasteiger partial charge is 0.385 e. The monoisotopic (exact) mass is 308 g/mol. The van der Waals surface area contributed by atoms with E-state index in [1.165, 1.54) is 0 Å². The van der Waals surface area contributed by atoms with Crippen LogP contribution in [0.1, 0.15) is 31.4 Å². The fourth-order valence-corrected chi connectivity index (χ4v) is 1.84. The molecule has 1 aromatic carbocycles. The molecule has 0 radical (unpaired) electrons. The molecule has 0 amide bonds. The molecule has 18 heavy (non-hydrogen) atoms. The van der Waals surface area contributed by atoms with Crippen molar-refractivity contribution in [3.05, 3.63) is 40.4 Å². The average molecular weight is 309 g/mol. The molecule has 1 heterocycles. The number of anilines is 1. The van der Waals surface area contributed by atoms with Crippen LogP contribution in [0.4, 0.5) is 5.69 Å². The first-order valence-electron chi connectivity index (χ1n) is 6.06. The van der Waals surface area contributed by atoms with Crippen LogP contribution in [-0.2, 0) is 6.42 Å². The van der Waals surface area contributed by atoms with Gasteiger partial charge in [-0.3, -0.25) is 5.10 Å². The van der Waals surface area contributed by atoms with Crippen LogP contribution >= 0.6 is 15.9 Å². The van der Waals surface area contributed by atoms with Crippen molar-refractivity contribution in [2.45, 2.75) is 26.2 Å². The number of aromatic nitrogens is 3. The molecule has 96 valence electrons. The van der Waals surface area contributed by atoms with Crippen LogP contribution in [0.25, 0.3) is 0 Å². The summed E-state index contributed by atoms with van der Waals surface area (Å²) in [5.74, 6) is 2.19. The van der Waals surface area contributed by atoms with Gasteiger partial charge in [0.15, 0.2) is 5.82 Å². The molecule has 0 aliphatic heterocycles. The van der Waals surface area contributed by atoms with Crippen molar-refractivity contribution < 1.29 is 0 Å². The number of rotatable bonds is 5. The first-order chi connectivity index (χ1) is 8.65. The van der Waals surface area contributed by atoms with Gasteiger partial charge in [0, 0.05) is 29.0 Å². The summed E-state index contributed by atoms with van der Waals surface area (Å²) in [5.41, 5.74) is 1.11. The Labute approximate surface area is 115 Å². The van der Waals surface area contributed by atoms with Gasteiger partial charge in [-0.05, 0) is 24.3 Å². The number of nitrogens with zero attached hydrogens (tertiary/aromatic N) is 2. The van der Waals surface area contributed by atoms with Crippen LogP contribution in [0.15, 0.2) is 28.7 Å². The molecule has 0 bridgehead atoms. The molecule has 0 aliphatic carbocycles. The van der Waals surface area contributed by atoms with E-state index in [2.05, 4.69) is 50.3 Å². The highest BCUT2D eigenvalue weighted by Gasteiger charge is 2.06. The van der Waals surface area contributed by atoms with Crippen LogP contribution in [-0.4, -0.2) is 21.7 Å². The lowest BCUT2D eigenvalue weighted by molar-refractivity contribution is 0.780. The first kappa shape index (κ1) is 13.1. The Bertz CT molecular complexity index is 490. The minimum Gasteiger partial charge on any atom is -0.385 e. The number of halogens is 1. The summed E-state index contributed by atoms with van der Waals surface area (Å²) >= 11 is 3.42. The Hall–Kier alpha value is -1.36. The zero-order valence-electron chi connectivity index (χ0n) is 10.6. The maximum atomic E-state index is 4.44. The summed E-state index contributed by atoms with van der Waals surface area (Å²) < 4.78 is 1.09. The summed E-state index contributed by atoms with van der Waals surface area (Å²) in [6.07, 6.45) is 0.843. The predicted molar refractivity (Wildman–Crippen MR) is 76.8 cm³/mol. The second kappa shape index (κ2) is 6.00. The number of hydrogen-bond donors (Lipinski definition) is 2. The molecule has 0 unspecified atom stereocenters. The fourth-order valence-electron chi connectivity index (χ4n) is 1.57. The SMILES string of the molecule is CC(C)c1n[nH]c(CCNc2ccc(Br)cc2)n1. The van der Waals surface area contributed by atoms with E-state index in [-0.39, 0.29) is 0 Å². The van der Waals surface area contributed by atoms with Crippen LogP contribution in [0, 0.1) is 0 Å². The number of H-pyrrole nitrogens is 1. The number of benzene rings is 1. The summed E-state index contributed by atoms with van der Waals surface area (Å²) in [6, 6.07) is 8.13. The topological polar surface area (TPSA) is 53.6 Å². The number of nitrogens with one attached hydrogen (secondary N) is 2. The molecule has 1 aromatic heterocycles. The Balaban J connectivity index is 1.82. The molecule has 4 nitrogen and oxygen atoms in total. The molecule has 0 spiro atoms. The van der Waals surface area contributed by atoms with Crippen molar-refractivity contribution >= 4 is 21.6 Å². The summed E-state index contributed by atoms with van der Waals surface area (Å²) in [5, 5.41) is 10.5. The Morgan fingerprint density at radius 3 is 2.61 bits per heavy atom. The minimum absolute atomic E-state index is 0.370. The van der Waals surface area contributed by atoms with E-state index < -0.39 is 0 Å². The van der Waals surface area contributed by atoms with E-state index in [9.17, 15) is 0 Å². The zero-order valence-corrected chi connectivity index (χ0v) is 12.2. The molecule has 2 rings (SSSR count). The average Bonchev–Trinajstić information content (AvgIpc) is 2.81. The zero-order chi connectivity index (χ0) is 13.0. The second-order valence-electron chi connectivity index (χ2n) is 4.48. The van der Waals surface area contributed by atoms with Crippen molar-refractivity contribution in [2.24, 2.45) is 0 Å². The molecular formula is C13H17BrN4. The maximum Gasteiger partial charge on any atom is 0.153 e. The minimum atomic E-state index is 0.370. The lowest BCUT2D eigenvalue weighted by Gasteiger charge is -2.04. The van der Waals surface area contributed by atoms with Gasteiger partial charge in [0.2, 0.25) is 0 Å². The molecule has 2 N–H and O–H groups in total. The molecule has 0 saturated carbocycles. The van der Waals surface area contributed by atoms with Gasteiger partial charge < -0.3 is 5.32 Å². The van der Waals surface area contributed by atoms with Gasteiger partial charge in [0.05, 0.1) is 0 Å². The molecule has 0 aliphatic rings. The van der Waals surface area contributed by atoms with Crippen molar-refractivity contribution in [2.75, 3.05) is 11.9 Å². The van der Waals surface area contributed by atoms with Gasteiger partial charge >= 0.3 is 0 Å². The predicted octanol–water partition coefficient (Wildman–Crippen LogP) is 3.35. The van der Waals surface area contributed by atoms with E-state index in [1.807, 2.05) is 24.3 Å². The van der Waals surface area contributed by atoms with E-state index in [0.29, 0.717) is 5.92 Å². The Morgan fingerprint density at radius 2 is 2.00 bits per heavy atom. The van der Waals surface area contributed by atoms with Crippen molar-refractivity contribution in [3.63, 3.8) is 0 Å². The lowest BCUT2D eigenvalue weighted by atomic mass is 10.2. The third-order valence-corrected chi connectivity index (χ3v) is 3.13. The third kappa shape index (κ3) is 3.57. The van der Waals surface area contributed by atoms with Gasteiger partial charge in [-0.1, -0.05) is 29.8 Å². The Morgan fingerprint density at radius 1 is 1.28 bits per heavy atom. The lowest BCUT2D eigenvalue weighted by Crippen LogP contribution is -2.05. The van der Waals surface area contributed by atoms with Crippen molar-refractivity contribution in [3.8, 4) is 0 Å². The van der Waals surface area contributed by atoms with Crippen LogP contribution in [0.2, 0.25) is 0 Å². The maximum absolute atomic E-state index is 4.44. The van der Waals surface area contributed by atoms with E-state index in [0.717, 1.165) is 34.8 Å². The van der Waals surface area contributed by atoms with E-state index in [4.69, 9.17) is 0 Å². The van der Waals surface area contributed by atoms with Crippen LogP contribution < -0.4 is 5.32 Å². The molecule has 0 atom stereocenters. The van der Waals surface area contributed by atoms with Gasteiger partial charge in [-0.2, -0.15) is 5.10 Å². The fraction of sp³-hybridized carbons (Fsp3) is 0.385. The van der Waals surface area contributed by atoms with Gasteiger partial charge in [-0.25, -0.2) is 4.98 Å². The molecule has 5 heteroatoms. The highest BCUT2D eigenvalue weighted by atomic mass is 79.9. The van der Waals surface area contributed by atoms with Crippen LogP contribution in [0.3, 0.4) is 0 Å². The number of aromatic amines is 1. The standard InChI is InChI=1S/C13H17BrN4/c1-9(2)13-16-12(17-18-13)7-8-15-11-5-3-10(14)4-6-11/h3-6,9,15H,7-8H2,1-2H3,(H,16,17,18). The first-order valence-corrected chi connectivity index (χ1v) is 6.85.